The summed E-state index contributed by atoms with van der Waals surface area (Å²) in [6.45, 7) is 0.508. The summed E-state index contributed by atoms with van der Waals surface area (Å²) in [5.74, 6) is -0.185. The SMILES string of the molecule is O=C(Nc1cccc2c(=O)[nH]n(Cc3ccccc3)c12)c1csc2ccccc12. The highest BCUT2D eigenvalue weighted by Gasteiger charge is 2.16. The molecule has 0 aliphatic heterocycles. The summed E-state index contributed by atoms with van der Waals surface area (Å²) < 4.78 is 2.85. The van der Waals surface area contributed by atoms with E-state index in [-0.39, 0.29) is 11.5 Å². The van der Waals surface area contributed by atoms with Crippen LogP contribution in [0.4, 0.5) is 5.69 Å². The van der Waals surface area contributed by atoms with Gasteiger partial charge in [0, 0.05) is 15.5 Å². The quantitative estimate of drug-likeness (QED) is 0.454. The molecule has 0 spiro atoms. The van der Waals surface area contributed by atoms with E-state index in [0.29, 0.717) is 28.7 Å². The normalized spacial score (nSPS) is 11.2. The smallest absolute Gasteiger partial charge is 0.272 e. The zero-order chi connectivity index (χ0) is 19.8. The maximum atomic E-state index is 13.0. The van der Waals surface area contributed by atoms with Gasteiger partial charge >= 0.3 is 0 Å². The number of hydrogen-bond donors (Lipinski definition) is 2. The predicted octanol–water partition coefficient (Wildman–Crippen LogP) is 4.84. The third kappa shape index (κ3) is 3.13. The number of fused-ring (bicyclic) bond motifs is 2. The summed E-state index contributed by atoms with van der Waals surface area (Å²) in [6, 6.07) is 23.1. The van der Waals surface area contributed by atoms with Crippen molar-refractivity contribution in [3.63, 3.8) is 0 Å². The molecule has 1 amide bonds. The third-order valence-corrected chi connectivity index (χ3v) is 5.91. The molecule has 6 heteroatoms. The molecule has 5 rings (SSSR count). The number of aromatic amines is 1. The number of H-pyrrole nitrogens is 1. The minimum Gasteiger partial charge on any atom is -0.320 e. The van der Waals surface area contributed by atoms with Gasteiger partial charge < -0.3 is 5.32 Å². The Balaban J connectivity index is 1.56. The van der Waals surface area contributed by atoms with Gasteiger partial charge in [0.05, 0.1) is 28.7 Å². The summed E-state index contributed by atoms with van der Waals surface area (Å²) in [4.78, 5) is 25.5. The van der Waals surface area contributed by atoms with Gasteiger partial charge in [-0.05, 0) is 23.8 Å². The van der Waals surface area contributed by atoms with Crippen LogP contribution in [0, 0.1) is 0 Å². The van der Waals surface area contributed by atoms with E-state index in [1.54, 1.807) is 28.2 Å². The molecular weight excluding hydrogens is 382 g/mol. The van der Waals surface area contributed by atoms with Crippen molar-refractivity contribution in [2.24, 2.45) is 0 Å². The Morgan fingerprint density at radius 2 is 1.69 bits per heavy atom. The molecule has 0 unspecified atom stereocenters. The number of aromatic nitrogens is 2. The lowest BCUT2D eigenvalue weighted by Crippen LogP contribution is -2.13. The molecule has 5 nitrogen and oxygen atoms in total. The van der Waals surface area contributed by atoms with Crippen LogP contribution >= 0.6 is 11.3 Å². The average molecular weight is 399 g/mol. The number of para-hydroxylation sites is 1. The number of nitrogens with one attached hydrogen (secondary N) is 2. The first-order valence-electron chi connectivity index (χ1n) is 9.24. The van der Waals surface area contributed by atoms with E-state index < -0.39 is 0 Å². The minimum atomic E-state index is -0.185. The van der Waals surface area contributed by atoms with Crippen molar-refractivity contribution < 1.29 is 4.79 Å². The van der Waals surface area contributed by atoms with Gasteiger partial charge in [0.1, 0.15) is 0 Å². The summed E-state index contributed by atoms with van der Waals surface area (Å²) in [7, 11) is 0. The van der Waals surface area contributed by atoms with E-state index >= 15 is 0 Å². The Morgan fingerprint density at radius 3 is 2.55 bits per heavy atom. The number of nitrogens with zero attached hydrogens (tertiary/aromatic N) is 1. The number of carbonyl (C=O) groups excluding carboxylic acids is 1. The first kappa shape index (κ1) is 17.5. The van der Waals surface area contributed by atoms with E-state index in [1.165, 1.54) is 0 Å². The van der Waals surface area contributed by atoms with Crippen molar-refractivity contribution in [2.45, 2.75) is 6.54 Å². The lowest BCUT2D eigenvalue weighted by molar-refractivity contribution is 0.102. The second kappa shape index (κ2) is 7.07. The van der Waals surface area contributed by atoms with E-state index in [4.69, 9.17) is 0 Å². The fourth-order valence-electron chi connectivity index (χ4n) is 3.58. The topological polar surface area (TPSA) is 66.9 Å². The number of hydrogen-bond acceptors (Lipinski definition) is 3. The standard InChI is InChI=1S/C23H17N3O2S/c27-22(18-14-29-20-12-5-4-9-16(18)20)24-19-11-6-10-17-21(19)26(25-23(17)28)13-15-7-2-1-3-8-15/h1-12,14H,13H2,(H,24,27)(H,25,28). The maximum Gasteiger partial charge on any atom is 0.272 e. The van der Waals surface area contributed by atoms with Gasteiger partial charge in [-0.25, -0.2) is 0 Å². The van der Waals surface area contributed by atoms with Crippen LogP contribution in [0.1, 0.15) is 15.9 Å². The van der Waals surface area contributed by atoms with Gasteiger partial charge in [-0.3, -0.25) is 19.4 Å². The van der Waals surface area contributed by atoms with Crippen LogP contribution < -0.4 is 10.9 Å². The van der Waals surface area contributed by atoms with Crippen LogP contribution in [0.3, 0.4) is 0 Å². The molecule has 5 aromatic rings. The number of carbonyl (C=O) groups is 1. The largest absolute Gasteiger partial charge is 0.320 e. The first-order chi connectivity index (χ1) is 14.2. The molecular formula is C23H17N3O2S. The second-order valence-electron chi connectivity index (χ2n) is 6.81. The Morgan fingerprint density at radius 1 is 0.931 bits per heavy atom. The van der Waals surface area contributed by atoms with Crippen LogP contribution in [-0.4, -0.2) is 15.7 Å². The van der Waals surface area contributed by atoms with E-state index in [2.05, 4.69) is 10.4 Å². The van der Waals surface area contributed by atoms with Gasteiger partial charge in [0.15, 0.2) is 0 Å². The number of thiophene rings is 1. The second-order valence-corrected chi connectivity index (χ2v) is 7.73. The zero-order valence-electron chi connectivity index (χ0n) is 15.4. The molecule has 0 saturated heterocycles. The van der Waals surface area contributed by atoms with E-state index in [1.807, 2.05) is 66.0 Å². The summed E-state index contributed by atoms with van der Waals surface area (Å²) >= 11 is 1.54. The number of benzene rings is 3. The van der Waals surface area contributed by atoms with Crippen molar-refractivity contribution >= 4 is 43.9 Å². The lowest BCUT2D eigenvalue weighted by Gasteiger charge is -2.10. The van der Waals surface area contributed by atoms with Gasteiger partial charge in [-0.15, -0.1) is 11.3 Å². The molecule has 142 valence electrons. The summed E-state index contributed by atoms with van der Waals surface area (Å²) in [5, 5.41) is 9.25. The number of anilines is 1. The summed E-state index contributed by atoms with van der Waals surface area (Å²) in [5.41, 5.74) is 2.82. The Hall–Kier alpha value is -3.64. The number of amides is 1. The van der Waals surface area contributed by atoms with Gasteiger partial charge in [-0.1, -0.05) is 54.6 Å². The maximum absolute atomic E-state index is 13.0. The van der Waals surface area contributed by atoms with Crippen LogP contribution in [-0.2, 0) is 6.54 Å². The van der Waals surface area contributed by atoms with Gasteiger partial charge in [0.25, 0.3) is 11.5 Å². The number of rotatable bonds is 4. The van der Waals surface area contributed by atoms with Crippen molar-refractivity contribution in [3.05, 3.63) is 99.7 Å². The highest BCUT2D eigenvalue weighted by atomic mass is 32.1. The van der Waals surface area contributed by atoms with Crippen molar-refractivity contribution in [3.8, 4) is 0 Å². The first-order valence-corrected chi connectivity index (χ1v) is 10.1. The van der Waals surface area contributed by atoms with E-state index in [9.17, 15) is 9.59 Å². The highest BCUT2D eigenvalue weighted by Crippen LogP contribution is 2.28. The van der Waals surface area contributed by atoms with Gasteiger partial charge in [0.2, 0.25) is 0 Å². The molecule has 2 N–H and O–H groups in total. The molecule has 0 atom stereocenters. The average Bonchev–Trinajstić information content (AvgIpc) is 3.31. The van der Waals surface area contributed by atoms with Crippen LogP contribution in [0.2, 0.25) is 0 Å². The predicted molar refractivity (Wildman–Crippen MR) is 118 cm³/mol. The van der Waals surface area contributed by atoms with Crippen molar-refractivity contribution in [1.82, 2.24) is 9.78 Å². The molecule has 0 bridgehead atoms. The zero-order valence-corrected chi connectivity index (χ0v) is 16.2. The van der Waals surface area contributed by atoms with Crippen LogP contribution in [0.5, 0.6) is 0 Å². The van der Waals surface area contributed by atoms with Gasteiger partial charge in [-0.2, -0.15) is 0 Å². The Bertz CT molecular complexity index is 1400. The minimum absolute atomic E-state index is 0.173. The molecule has 0 aliphatic carbocycles. The lowest BCUT2D eigenvalue weighted by atomic mass is 10.1. The Labute approximate surface area is 170 Å². The molecule has 0 fully saturated rings. The highest BCUT2D eigenvalue weighted by molar-refractivity contribution is 7.17. The fourth-order valence-corrected chi connectivity index (χ4v) is 4.53. The Kier molecular flexibility index (Phi) is 4.26. The third-order valence-electron chi connectivity index (χ3n) is 4.94. The van der Waals surface area contributed by atoms with Crippen molar-refractivity contribution in [1.29, 1.82) is 0 Å². The summed E-state index contributed by atoms with van der Waals surface area (Å²) in [6.07, 6.45) is 0. The molecule has 29 heavy (non-hydrogen) atoms. The molecule has 2 heterocycles. The van der Waals surface area contributed by atoms with E-state index in [0.717, 1.165) is 15.6 Å². The molecule has 3 aromatic carbocycles. The molecule has 0 aliphatic rings. The molecule has 0 radical (unpaired) electrons. The van der Waals surface area contributed by atoms with Crippen LogP contribution in [0.15, 0.2) is 83.0 Å². The monoisotopic (exact) mass is 399 g/mol. The molecule has 2 aromatic heterocycles. The van der Waals surface area contributed by atoms with Crippen LogP contribution in [0.25, 0.3) is 21.0 Å². The van der Waals surface area contributed by atoms with Crippen molar-refractivity contribution in [2.75, 3.05) is 5.32 Å². The molecule has 0 saturated carbocycles. The fraction of sp³-hybridized carbons (Fsp3) is 0.0435.